The molecule has 0 radical (unpaired) electrons. The minimum absolute atomic E-state index is 0.644. The van der Waals surface area contributed by atoms with Crippen molar-refractivity contribution >= 4 is 0 Å². The first-order valence-corrected chi connectivity index (χ1v) is 6.13. The molecule has 0 bridgehead atoms. The van der Waals surface area contributed by atoms with Crippen LogP contribution in [0.4, 0.5) is 0 Å². The van der Waals surface area contributed by atoms with E-state index in [9.17, 15) is 0 Å². The minimum atomic E-state index is 0.644. The molecule has 2 fully saturated rings. The largest absolute Gasteiger partial charge is 0.373 e. The molecular formula is C13H23N. The lowest BCUT2D eigenvalue weighted by Gasteiger charge is -2.45. The van der Waals surface area contributed by atoms with Gasteiger partial charge in [-0.05, 0) is 44.9 Å². The smallest absolute Gasteiger partial charge is 0.0230 e. The third-order valence-electron chi connectivity index (χ3n) is 4.03. The number of likely N-dealkylation sites (tertiary alicyclic amines) is 1. The third-order valence-corrected chi connectivity index (χ3v) is 4.03. The van der Waals surface area contributed by atoms with E-state index in [0.717, 1.165) is 11.8 Å². The number of piperidine rings is 1. The SMILES string of the molecule is C=C1CC2CCCCC2CN1C(C)C. The molecule has 0 amide bonds. The molecule has 80 valence electrons. The first kappa shape index (κ1) is 10.1. The lowest BCUT2D eigenvalue weighted by molar-refractivity contribution is 0.105. The average molecular weight is 193 g/mol. The average Bonchev–Trinajstić information content (AvgIpc) is 2.16. The van der Waals surface area contributed by atoms with Gasteiger partial charge in [-0.2, -0.15) is 0 Å². The normalized spacial score (nSPS) is 33.4. The predicted octanol–water partition coefficient (Wildman–Crippen LogP) is 3.42. The Morgan fingerprint density at radius 3 is 2.50 bits per heavy atom. The Hall–Kier alpha value is -0.460. The quantitative estimate of drug-likeness (QED) is 0.617. The summed E-state index contributed by atoms with van der Waals surface area (Å²) in [6.45, 7) is 10.1. The van der Waals surface area contributed by atoms with Crippen molar-refractivity contribution in [3.05, 3.63) is 12.3 Å². The molecule has 1 aliphatic carbocycles. The maximum Gasteiger partial charge on any atom is 0.0230 e. The highest BCUT2D eigenvalue weighted by Crippen LogP contribution is 2.39. The molecule has 1 aliphatic heterocycles. The molecular weight excluding hydrogens is 170 g/mol. The van der Waals surface area contributed by atoms with Crippen LogP contribution in [-0.2, 0) is 0 Å². The second-order valence-electron chi connectivity index (χ2n) is 5.32. The summed E-state index contributed by atoms with van der Waals surface area (Å²) >= 11 is 0. The van der Waals surface area contributed by atoms with Crippen molar-refractivity contribution in [2.75, 3.05) is 6.54 Å². The van der Waals surface area contributed by atoms with Crippen molar-refractivity contribution in [1.82, 2.24) is 4.90 Å². The number of rotatable bonds is 1. The van der Waals surface area contributed by atoms with Crippen LogP contribution in [-0.4, -0.2) is 17.5 Å². The molecule has 0 N–H and O–H groups in total. The van der Waals surface area contributed by atoms with Crippen LogP contribution < -0.4 is 0 Å². The van der Waals surface area contributed by atoms with Gasteiger partial charge in [-0.15, -0.1) is 0 Å². The van der Waals surface area contributed by atoms with Gasteiger partial charge in [-0.25, -0.2) is 0 Å². The number of nitrogens with zero attached hydrogens (tertiary/aromatic N) is 1. The van der Waals surface area contributed by atoms with Gasteiger partial charge in [0.15, 0.2) is 0 Å². The standard InChI is InChI=1S/C13H23N/c1-10(2)14-9-13-7-5-4-6-12(13)8-11(14)3/h10,12-13H,3-9H2,1-2H3. The van der Waals surface area contributed by atoms with Crippen molar-refractivity contribution < 1.29 is 0 Å². The second-order valence-corrected chi connectivity index (χ2v) is 5.32. The molecule has 2 rings (SSSR count). The van der Waals surface area contributed by atoms with Crippen LogP contribution in [0.2, 0.25) is 0 Å². The van der Waals surface area contributed by atoms with E-state index in [1.54, 1.807) is 0 Å². The lowest BCUT2D eigenvalue weighted by atomic mass is 9.74. The van der Waals surface area contributed by atoms with E-state index in [-0.39, 0.29) is 0 Å². The lowest BCUT2D eigenvalue weighted by Crippen LogP contribution is -2.43. The zero-order chi connectivity index (χ0) is 10.1. The van der Waals surface area contributed by atoms with Gasteiger partial charge in [0.2, 0.25) is 0 Å². The molecule has 14 heavy (non-hydrogen) atoms. The summed E-state index contributed by atoms with van der Waals surface area (Å²) in [4.78, 5) is 2.52. The van der Waals surface area contributed by atoms with Gasteiger partial charge in [-0.1, -0.05) is 19.4 Å². The highest BCUT2D eigenvalue weighted by atomic mass is 15.2. The van der Waals surface area contributed by atoms with Crippen LogP contribution in [0, 0.1) is 11.8 Å². The number of allylic oxidation sites excluding steroid dienone is 1. The molecule has 2 unspecified atom stereocenters. The fraction of sp³-hybridized carbons (Fsp3) is 0.846. The first-order chi connectivity index (χ1) is 6.68. The van der Waals surface area contributed by atoms with Gasteiger partial charge in [0.25, 0.3) is 0 Å². The molecule has 0 aromatic heterocycles. The highest BCUT2D eigenvalue weighted by Gasteiger charge is 2.33. The van der Waals surface area contributed by atoms with E-state index in [4.69, 9.17) is 0 Å². The molecule has 0 aromatic carbocycles. The Morgan fingerprint density at radius 2 is 1.86 bits per heavy atom. The molecule has 1 heterocycles. The van der Waals surface area contributed by atoms with Gasteiger partial charge >= 0.3 is 0 Å². The second kappa shape index (κ2) is 3.96. The van der Waals surface area contributed by atoms with E-state index in [1.165, 1.54) is 44.3 Å². The summed E-state index contributed by atoms with van der Waals surface area (Å²) in [5, 5.41) is 0. The number of fused-ring (bicyclic) bond motifs is 1. The highest BCUT2D eigenvalue weighted by molar-refractivity contribution is 5.04. The molecule has 0 aromatic rings. The monoisotopic (exact) mass is 193 g/mol. The maximum absolute atomic E-state index is 4.23. The fourth-order valence-electron chi connectivity index (χ4n) is 3.17. The van der Waals surface area contributed by atoms with E-state index < -0.39 is 0 Å². The van der Waals surface area contributed by atoms with Gasteiger partial charge in [-0.3, -0.25) is 0 Å². The maximum atomic E-state index is 4.23. The Bertz CT molecular complexity index is 219. The summed E-state index contributed by atoms with van der Waals surface area (Å²) in [7, 11) is 0. The van der Waals surface area contributed by atoms with Crippen LogP contribution in [0.15, 0.2) is 12.3 Å². The van der Waals surface area contributed by atoms with Gasteiger partial charge in [0.05, 0.1) is 0 Å². The summed E-state index contributed by atoms with van der Waals surface area (Å²) < 4.78 is 0. The molecule has 1 saturated carbocycles. The van der Waals surface area contributed by atoms with Gasteiger partial charge in [0.1, 0.15) is 0 Å². The summed E-state index contributed by atoms with van der Waals surface area (Å²) in [6.07, 6.45) is 7.09. The van der Waals surface area contributed by atoms with Crippen LogP contribution in [0.3, 0.4) is 0 Å². The van der Waals surface area contributed by atoms with E-state index in [0.29, 0.717) is 6.04 Å². The Labute approximate surface area is 88.2 Å². The van der Waals surface area contributed by atoms with E-state index >= 15 is 0 Å². The molecule has 2 aliphatic rings. The first-order valence-electron chi connectivity index (χ1n) is 6.13. The minimum Gasteiger partial charge on any atom is -0.373 e. The summed E-state index contributed by atoms with van der Waals surface area (Å²) in [6, 6.07) is 0.644. The van der Waals surface area contributed by atoms with Gasteiger partial charge < -0.3 is 4.90 Å². The van der Waals surface area contributed by atoms with Crippen molar-refractivity contribution in [2.45, 2.75) is 52.0 Å². The topological polar surface area (TPSA) is 3.24 Å². The van der Waals surface area contributed by atoms with Crippen LogP contribution >= 0.6 is 0 Å². The van der Waals surface area contributed by atoms with Crippen molar-refractivity contribution in [3.8, 4) is 0 Å². The zero-order valence-corrected chi connectivity index (χ0v) is 9.63. The molecule has 1 saturated heterocycles. The van der Waals surface area contributed by atoms with Gasteiger partial charge in [0, 0.05) is 18.3 Å². The van der Waals surface area contributed by atoms with Crippen molar-refractivity contribution in [3.63, 3.8) is 0 Å². The summed E-state index contributed by atoms with van der Waals surface area (Å²) in [5.41, 5.74) is 1.39. The van der Waals surface area contributed by atoms with E-state index in [2.05, 4.69) is 25.3 Å². The Balaban J connectivity index is 2.03. The summed E-state index contributed by atoms with van der Waals surface area (Å²) in [5.74, 6) is 1.93. The third kappa shape index (κ3) is 1.82. The Morgan fingerprint density at radius 1 is 1.21 bits per heavy atom. The molecule has 1 nitrogen and oxygen atoms in total. The van der Waals surface area contributed by atoms with Crippen LogP contribution in [0.5, 0.6) is 0 Å². The predicted molar refractivity (Wildman–Crippen MR) is 61.0 cm³/mol. The van der Waals surface area contributed by atoms with E-state index in [1.807, 2.05) is 0 Å². The van der Waals surface area contributed by atoms with Crippen LogP contribution in [0.1, 0.15) is 46.0 Å². The number of hydrogen-bond acceptors (Lipinski definition) is 1. The molecule has 0 spiro atoms. The fourth-order valence-corrected chi connectivity index (χ4v) is 3.17. The molecule has 1 heteroatoms. The van der Waals surface area contributed by atoms with Crippen LogP contribution in [0.25, 0.3) is 0 Å². The van der Waals surface area contributed by atoms with Crippen molar-refractivity contribution in [2.24, 2.45) is 11.8 Å². The number of hydrogen-bond donors (Lipinski definition) is 0. The van der Waals surface area contributed by atoms with Crippen molar-refractivity contribution in [1.29, 1.82) is 0 Å². The zero-order valence-electron chi connectivity index (χ0n) is 9.63. The Kier molecular flexibility index (Phi) is 2.85. The molecule has 2 atom stereocenters.